The van der Waals surface area contributed by atoms with E-state index in [1.807, 2.05) is 6.92 Å². The Bertz CT molecular complexity index is 371. The quantitative estimate of drug-likeness (QED) is 0.257. The topological polar surface area (TPSA) is 57.6 Å². The van der Waals surface area contributed by atoms with Gasteiger partial charge in [0.05, 0.1) is 0 Å². The number of rotatable bonds is 19. The van der Waals surface area contributed by atoms with Gasteiger partial charge in [-0.15, -0.1) is 0 Å². The number of carboxylic acid groups (broad SMARTS) is 1. The van der Waals surface area contributed by atoms with Crippen molar-refractivity contribution in [3.05, 3.63) is 0 Å². The van der Waals surface area contributed by atoms with Crippen LogP contribution in [0.25, 0.3) is 0 Å². The molecule has 0 saturated carbocycles. The van der Waals surface area contributed by atoms with Crippen molar-refractivity contribution in [1.29, 1.82) is 0 Å². The van der Waals surface area contributed by atoms with Gasteiger partial charge in [0.25, 0.3) is 0 Å². The van der Waals surface area contributed by atoms with Crippen LogP contribution in [-0.2, 0) is 9.59 Å². The molecule has 0 aromatic carbocycles. The third-order valence-corrected chi connectivity index (χ3v) is 5.47. The van der Waals surface area contributed by atoms with Gasteiger partial charge in [-0.05, 0) is 12.8 Å². The predicted octanol–water partition coefficient (Wildman–Crippen LogP) is 6.57. The Morgan fingerprint density at radius 1 is 0.704 bits per heavy atom. The lowest BCUT2D eigenvalue weighted by atomic mass is 10.0. The largest absolute Gasteiger partial charge is 0.480 e. The Labute approximate surface area is 168 Å². The minimum Gasteiger partial charge on any atom is -0.480 e. The molecule has 0 spiro atoms. The zero-order valence-electron chi connectivity index (χ0n) is 18.3. The van der Waals surface area contributed by atoms with Crippen LogP contribution in [0.3, 0.4) is 0 Å². The van der Waals surface area contributed by atoms with Crippen LogP contribution in [0.15, 0.2) is 0 Å². The number of carbonyl (C=O) groups is 2. The zero-order chi connectivity index (χ0) is 20.3. The lowest BCUT2D eigenvalue weighted by Gasteiger charge is -2.24. The molecule has 1 amide bonds. The predicted molar refractivity (Wildman–Crippen MR) is 114 cm³/mol. The zero-order valence-corrected chi connectivity index (χ0v) is 18.3. The highest BCUT2D eigenvalue weighted by Gasteiger charge is 2.25. The van der Waals surface area contributed by atoms with E-state index in [4.69, 9.17) is 0 Å². The van der Waals surface area contributed by atoms with Gasteiger partial charge in [-0.3, -0.25) is 4.79 Å². The Morgan fingerprint density at radius 3 is 1.52 bits per heavy atom. The summed E-state index contributed by atoms with van der Waals surface area (Å²) in [5.74, 6) is -0.911. The summed E-state index contributed by atoms with van der Waals surface area (Å²) >= 11 is 0. The van der Waals surface area contributed by atoms with Crippen LogP contribution < -0.4 is 0 Å². The van der Waals surface area contributed by atoms with E-state index < -0.39 is 12.0 Å². The van der Waals surface area contributed by atoms with Crippen molar-refractivity contribution in [1.82, 2.24) is 4.90 Å². The smallest absolute Gasteiger partial charge is 0.326 e. The van der Waals surface area contributed by atoms with Gasteiger partial charge in [0.2, 0.25) is 5.91 Å². The summed E-state index contributed by atoms with van der Waals surface area (Å²) < 4.78 is 0. The fourth-order valence-electron chi connectivity index (χ4n) is 3.52. The maximum atomic E-state index is 12.2. The van der Waals surface area contributed by atoms with Gasteiger partial charge in [0.15, 0.2) is 0 Å². The molecule has 1 atom stereocenters. The van der Waals surface area contributed by atoms with E-state index >= 15 is 0 Å². The maximum absolute atomic E-state index is 12.2. The number of amides is 1. The molecular formula is C23H45NO3. The number of carboxylic acids is 1. The molecule has 0 radical (unpaired) electrons. The molecule has 160 valence electrons. The molecule has 4 heteroatoms. The van der Waals surface area contributed by atoms with E-state index in [9.17, 15) is 14.7 Å². The lowest BCUT2D eigenvalue weighted by Crippen LogP contribution is -2.42. The highest BCUT2D eigenvalue weighted by Crippen LogP contribution is 2.14. The molecule has 4 nitrogen and oxygen atoms in total. The van der Waals surface area contributed by atoms with E-state index in [0.29, 0.717) is 12.8 Å². The standard InChI is InChI=1S/C23H45NO3/c1-4-6-8-9-10-11-12-13-14-15-16-17-18-20-22(25)24(3)21(23(26)27)19-7-5-2/h21H,4-20H2,1-3H3,(H,26,27). The first-order valence-corrected chi connectivity index (χ1v) is 11.5. The Morgan fingerprint density at radius 2 is 1.11 bits per heavy atom. The number of hydrogen-bond donors (Lipinski definition) is 1. The van der Waals surface area contributed by atoms with E-state index in [0.717, 1.165) is 25.7 Å². The van der Waals surface area contributed by atoms with Crippen molar-refractivity contribution in [3.8, 4) is 0 Å². The number of unbranched alkanes of at least 4 members (excludes halogenated alkanes) is 13. The molecule has 0 aliphatic heterocycles. The first-order valence-electron chi connectivity index (χ1n) is 11.5. The number of aliphatic carboxylic acids is 1. The number of nitrogens with zero attached hydrogens (tertiary/aromatic N) is 1. The lowest BCUT2D eigenvalue weighted by molar-refractivity contribution is -0.149. The van der Waals surface area contributed by atoms with Crippen molar-refractivity contribution in [2.45, 2.75) is 129 Å². The van der Waals surface area contributed by atoms with Crippen LogP contribution in [0.4, 0.5) is 0 Å². The average Bonchev–Trinajstić information content (AvgIpc) is 2.65. The van der Waals surface area contributed by atoms with Crippen LogP contribution in [0, 0.1) is 0 Å². The summed E-state index contributed by atoms with van der Waals surface area (Å²) in [5.41, 5.74) is 0. The minimum absolute atomic E-state index is 0.0263. The number of hydrogen-bond acceptors (Lipinski definition) is 2. The highest BCUT2D eigenvalue weighted by molar-refractivity contribution is 5.83. The molecule has 1 N–H and O–H groups in total. The van der Waals surface area contributed by atoms with Crippen LogP contribution in [-0.4, -0.2) is 35.0 Å². The molecule has 0 aliphatic carbocycles. The Hall–Kier alpha value is -1.06. The van der Waals surface area contributed by atoms with E-state index in [-0.39, 0.29) is 5.91 Å². The molecule has 0 fully saturated rings. The third-order valence-electron chi connectivity index (χ3n) is 5.47. The van der Waals surface area contributed by atoms with Crippen molar-refractivity contribution in [2.75, 3.05) is 7.05 Å². The molecular weight excluding hydrogens is 338 g/mol. The number of likely N-dealkylation sites (N-methyl/N-ethyl adjacent to an activating group) is 1. The second-order valence-electron chi connectivity index (χ2n) is 7.99. The van der Waals surface area contributed by atoms with Gasteiger partial charge >= 0.3 is 5.97 Å². The summed E-state index contributed by atoms with van der Waals surface area (Å²) in [4.78, 5) is 25.0. The number of carbonyl (C=O) groups excluding carboxylic acids is 1. The highest BCUT2D eigenvalue weighted by atomic mass is 16.4. The van der Waals surface area contributed by atoms with Crippen molar-refractivity contribution in [2.24, 2.45) is 0 Å². The molecule has 0 rings (SSSR count). The summed E-state index contributed by atoms with van der Waals surface area (Å²) in [6.07, 6.45) is 19.5. The molecule has 0 aromatic rings. The normalized spacial score (nSPS) is 12.1. The third kappa shape index (κ3) is 14.6. The second-order valence-corrected chi connectivity index (χ2v) is 7.99. The van der Waals surface area contributed by atoms with Crippen LogP contribution >= 0.6 is 0 Å². The van der Waals surface area contributed by atoms with Gasteiger partial charge in [-0.1, -0.05) is 104 Å². The average molecular weight is 384 g/mol. The Balaban J connectivity index is 3.60. The van der Waals surface area contributed by atoms with E-state index in [1.54, 1.807) is 7.05 Å². The van der Waals surface area contributed by atoms with E-state index in [1.165, 1.54) is 75.5 Å². The van der Waals surface area contributed by atoms with Crippen molar-refractivity contribution in [3.63, 3.8) is 0 Å². The van der Waals surface area contributed by atoms with Crippen LogP contribution in [0.5, 0.6) is 0 Å². The van der Waals surface area contributed by atoms with Gasteiger partial charge in [0, 0.05) is 13.5 Å². The SMILES string of the molecule is CCCCCCCCCCCCCCCC(=O)N(C)C(CCCC)C(=O)O. The van der Waals surface area contributed by atoms with E-state index in [2.05, 4.69) is 6.92 Å². The first kappa shape index (κ1) is 25.9. The van der Waals surface area contributed by atoms with Crippen LogP contribution in [0.1, 0.15) is 123 Å². The maximum Gasteiger partial charge on any atom is 0.326 e. The first-order chi connectivity index (χ1) is 13.0. The molecule has 0 heterocycles. The second kappa shape index (κ2) is 18.3. The monoisotopic (exact) mass is 383 g/mol. The summed E-state index contributed by atoms with van der Waals surface area (Å²) in [6.45, 7) is 4.29. The van der Waals surface area contributed by atoms with Gasteiger partial charge < -0.3 is 10.0 Å². The minimum atomic E-state index is -0.885. The summed E-state index contributed by atoms with van der Waals surface area (Å²) in [5, 5.41) is 9.31. The molecule has 1 unspecified atom stereocenters. The van der Waals surface area contributed by atoms with Crippen LogP contribution in [0.2, 0.25) is 0 Å². The van der Waals surface area contributed by atoms with Gasteiger partial charge in [0.1, 0.15) is 6.04 Å². The summed E-state index contributed by atoms with van der Waals surface area (Å²) in [6, 6.07) is -0.667. The van der Waals surface area contributed by atoms with Gasteiger partial charge in [-0.2, -0.15) is 0 Å². The molecule has 0 aromatic heterocycles. The van der Waals surface area contributed by atoms with Gasteiger partial charge in [-0.25, -0.2) is 4.79 Å². The van der Waals surface area contributed by atoms with Crippen molar-refractivity contribution < 1.29 is 14.7 Å². The fraction of sp³-hybridized carbons (Fsp3) is 0.913. The summed E-state index contributed by atoms with van der Waals surface area (Å²) in [7, 11) is 1.64. The Kier molecular flexibility index (Phi) is 17.6. The fourth-order valence-corrected chi connectivity index (χ4v) is 3.52. The van der Waals surface area contributed by atoms with Crippen molar-refractivity contribution >= 4 is 11.9 Å². The molecule has 27 heavy (non-hydrogen) atoms. The molecule has 0 bridgehead atoms. The molecule has 0 aliphatic rings. The molecule has 0 saturated heterocycles.